The lowest BCUT2D eigenvalue weighted by atomic mass is 10.2. The highest BCUT2D eigenvalue weighted by atomic mass is 79.9. The molecule has 3 aromatic rings. The van der Waals surface area contributed by atoms with Gasteiger partial charge in [0.1, 0.15) is 5.39 Å². The van der Waals surface area contributed by atoms with Crippen molar-refractivity contribution in [3.63, 3.8) is 0 Å². The van der Waals surface area contributed by atoms with E-state index < -0.39 is 0 Å². The van der Waals surface area contributed by atoms with Gasteiger partial charge in [0.25, 0.3) is 5.56 Å². The van der Waals surface area contributed by atoms with E-state index in [1.807, 2.05) is 25.1 Å². The van der Waals surface area contributed by atoms with Gasteiger partial charge in [0.05, 0.1) is 12.5 Å². The first-order chi connectivity index (χ1) is 11.5. The summed E-state index contributed by atoms with van der Waals surface area (Å²) in [4.78, 5) is 28.7. The third-order valence-corrected chi connectivity index (χ3v) is 4.25. The van der Waals surface area contributed by atoms with Gasteiger partial charge in [0.15, 0.2) is 5.65 Å². The van der Waals surface area contributed by atoms with Crippen LogP contribution in [0.1, 0.15) is 12.0 Å². The largest absolute Gasteiger partial charge is 0.326 e. The molecule has 0 saturated carbocycles. The third-order valence-electron chi connectivity index (χ3n) is 3.76. The Hall–Kier alpha value is -2.48. The van der Waals surface area contributed by atoms with Gasteiger partial charge in [0.2, 0.25) is 5.91 Å². The van der Waals surface area contributed by atoms with E-state index in [1.165, 1.54) is 17.1 Å². The standard InChI is InChI=1S/C16H16BrN5O2/c1-10-7-11(17)3-4-13(10)20-14(23)5-6-22-9-18-15-12(16(22)24)8-19-21(15)2/h3-4,7-9H,5-6H2,1-2H3,(H,20,23). The van der Waals surface area contributed by atoms with Gasteiger partial charge >= 0.3 is 0 Å². The normalized spacial score (nSPS) is 11.0. The van der Waals surface area contributed by atoms with Crippen molar-refractivity contribution in [2.45, 2.75) is 19.9 Å². The zero-order valence-electron chi connectivity index (χ0n) is 13.3. The molecule has 1 N–H and O–H groups in total. The first-order valence-corrected chi connectivity index (χ1v) is 8.18. The first-order valence-electron chi connectivity index (χ1n) is 7.39. The molecule has 7 nitrogen and oxygen atoms in total. The van der Waals surface area contributed by atoms with Crippen LogP contribution < -0.4 is 10.9 Å². The Morgan fingerprint density at radius 3 is 2.92 bits per heavy atom. The van der Waals surface area contributed by atoms with Crippen molar-refractivity contribution in [1.82, 2.24) is 19.3 Å². The fraction of sp³-hybridized carbons (Fsp3) is 0.250. The number of nitrogens with zero attached hydrogens (tertiary/aromatic N) is 4. The molecule has 0 unspecified atom stereocenters. The Labute approximate surface area is 146 Å². The number of amides is 1. The molecule has 1 amide bonds. The molecule has 3 rings (SSSR count). The lowest BCUT2D eigenvalue weighted by Gasteiger charge is -2.09. The Bertz CT molecular complexity index is 976. The topological polar surface area (TPSA) is 81.8 Å². The maximum Gasteiger partial charge on any atom is 0.264 e. The van der Waals surface area contributed by atoms with Gasteiger partial charge in [-0.2, -0.15) is 5.10 Å². The molecule has 124 valence electrons. The molecule has 24 heavy (non-hydrogen) atoms. The average Bonchev–Trinajstić information content (AvgIpc) is 2.92. The van der Waals surface area contributed by atoms with Crippen LogP contribution in [0.25, 0.3) is 11.0 Å². The summed E-state index contributed by atoms with van der Waals surface area (Å²) in [6, 6.07) is 5.64. The van der Waals surface area contributed by atoms with Crippen molar-refractivity contribution < 1.29 is 4.79 Å². The number of fused-ring (bicyclic) bond motifs is 1. The van der Waals surface area contributed by atoms with Gasteiger partial charge in [0, 0.05) is 30.2 Å². The molecular formula is C16H16BrN5O2. The summed E-state index contributed by atoms with van der Waals surface area (Å²) in [5.74, 6) is -0.154. The smallest absolute Gasteiger partial charge is 0.264 e. The summed E-state index contributed by atoms with van der Waals surface area (Å²) < 4.78 is 3.93. The van der Waals surface area contributed by atoms with Gasteiger partial charge < -0.3 is 5.32 Å². The van der Waals surface area contributed by atoms with Crippen LogP contribution in [0.4, 0.5) is 5.69 Å². The van der Waals surface area contributed by atoms with Crippen molar-refractivity contribution in [3.8, 4) is 0 Å². The van der Waals surface area contributed by atoms with Crippen molar-refractivity contribution in [3.05, 3.63) is 51.1 Å². The second-order valence-electron chi connectivity index (χ2n) is 5.51. The Morgan fingerprint density at radius 2 is 2.17 bits per heavy atom. The van der Waals surface area contributed by atoms with Crippen molar-refractivity contribution in [1.29, 1.82) is 0 Å². The van der Waals surface area contributed by atoms with E-state index in [0.29, 0.717) is 11.0 Å². The predicted octanol–water partition coefficient (Wildman–Crippen LogP) is 2.23. The number of hydrogen-bond donors (Lipinski definition) is 1. The van der Waals surface area contributed by atoms with E-state index in [4.69, 9.17) is 0 Å². The number of halogens is 1. The van der Waals surface area contributed by atoms with Crippen molar-refractivity contribution >= 4 is 38.6 Å². The highest BCUT2D eigenvalue weighted by molar-refractivity contribution is 9.10. The highest BCUT2D eigenvalue weighted by Gasteiger charge is 2.10. The summed E-state index contributed by atoms with van der Waals surface area (Å²) in [6.07, 6.45) is 3.12. The van der Waals surface area contributed by atoms with Gasteiger partial charge in [-0.3, -0.25) is 18.8 Å². The number of hydrogen-bond acceptors (Lipinski definition) is 4. The number of rotatable bonds is 4. The van der Waals surface area contributed by atoms with E-state index in [1.54, 1.807) is 11.7 Å². The molecule has 0 spiro atoms. The van der Waals surface area contributed by atoms with Gasteiger partial charge in [-0.05, 0) is 30.7 Å². The summed E-state index contributed by atoms with van der Waals surface area (Å²) in [7, 11) is 1.73. The zero-order chi connectivity index (χ0) is 17.3. The highest BCUT2D eigenvalue weighted by Crippen LogP contribution is 2.20. The monoisotopic (exact) mass is 389 g/mol. The number of aryl methyl sites for hydroxylation is 3. The first kappa shape index (κ1) is 16.4. The molecule has 0 aliphatic rings. The van der Waals surface area contributed by atoms with Crippen LogP contribution in [0.5, 0.6) is 0 Å². The quantitative estimate of drug-likeness (QED) is 0.741. The molecule has 0 aliphatic carbocycles. The van der Waals surface area contributed by atoms with Gasteiger partial charge in [-0.1, -0.05) is 15.9 Å². The number of aromatic nitrogens is 4. The van der Waals surface area contributed by atoms with Crippen LogP contribution in [0.15, 0.2) is 40.0 Å². The summed E-state index contributed by atoms with van der Waals surface area (Å²) >= 11 is 3.39. The van der Waals surface area contributed by atoms with Crippen LogP contribution in [0, 0.1) is 6.92 Å². The van der Waals surface area contributed by atoms with E-state index in [0.717, 1.165) is 15.7 Å². The minimum Gasteiger partial charge on any atom is -0.326 e. The second kappa shape index (κ2) is 6.56. The Morgan fingerprint density at radius 1 is 1.38 bits per heavy atom. The molecule has 0 aliphatic heterocycles. The van der Waals surface area contributed by atoms with Crippen LogP contribution in [0.2, 0.25) is 0 Å². The molecule has 1 aromatic carbocycles. The molecule has 0 radical (unpaired) electrons. The van der Waals surface area contributed by atoms with Crippen molar-refractivity contribution in [2.24, 2.45) is 7.05 Å². The molecule has 0 saturated heterocycles. The average molecular weight is 390 g/mol. The van der Waals surface area contributed by atoms with E-state index >= 15 is 0 Å². The van der Waals surface area contributed by atoms with Crippen LogP contribution in [-0.2, 0) is 18.4 Å². The number of benzene rings is 1. The lowest BCUT2D eigenvalue weighted by Crippen LogP contribution is -2.23. The zero-order valence-corrected chi connectivity index (χ0v) is 14.9. The van der Waals surface area contributed by atoms with Crippen LogP contribution in [-0.4, -0.2) is 25.2 Å². The number of nitrogens with one attached hydrogen (secondary N) is 1. The van der Waals surface area contributed by atoms with E-state index in [-0.39, 0.29) is 24.4 Å². The molecule has 8 heteroatoms. The van der Waals surface area contributed by atoms with Gasteiger partial charge in [-0.25, -0.2) is 4.98 Å². The summed E-state index contributed by atoms with van der Waals surface area (Å²) in [5.41, 5.74) is 2.07. The summed E-state index contributed by atoms with van der Waals surface area (Å²) in [5, 5.41) is 7.33. The van der Waals surface area contributed by atoms with Gasteiger partial charge in [-0.15, -0.1) is 0 Å². The number of carbonyl (C=O) groups is 1. The fourth-order valence-corrected chi connectivity index (χ4v) is 2.90. The minimum atomic E-state index is -0.194. The molecule has 2 aromatic heterocycles. The fourth-order valence-electron chi connectivity index (χ4n) is 2.43. The molecule has 2 heterocycles. The van der Waals surface area contributed by atoms with Crippen LogP contribution >= 0.6 is 15.9 Å². The number of anilines is 1. The minimum absolute atomic E-state index is 0.154. The summed E-state index contributed by atoms with van der Waals surface area (Å²) in [6.45, 7) is 2.18. The maximum atomic E-state index is 12.3. The van der Waals surface area contributed by atoms with Crippen molar-refractivity contribution in [2.75, 3.05) is 5.32 Å². The van der Waals surface area contributed by atoms with E-state index in [9.17, 15) is 9.59 Å². The molecule has 0 fully saturated rings. The number of carbonyl (C=O) groups excluding carboxylic acids is 1. The Kier molecular flexibility index (Phi) is 4.48. The van der Waals surface area contributed by atoms with Crippen LogP contribution in [0.3, 0.4) is 0 Å². The Balaban J connectivity index is 1.70. The molecular weight excluding hydrogens is 374 g/mol. The maximum absolute atomic E-state index is 12.3. The molecule has 0 bridgehead atoms. The third kappa shape index (κ3) is 3.23. The predicted molar refractivity (Wildman–Crippen MR) is 94.9 cm³/mol. The lowest BCUT2D eigenvalue weighted by molar-refractivity contribution is -0.116. The molecule has 0 atom stereocenters. The second-order valence-corrected chi connectivity index (χ2v) is 6.42. The van der Waals surface area contributed by atoms with E-state index in [2.05, 4.69) is 31.3 Å². The SMILES string of the molecule is Cc1cc(Br)ccc1NC(=O)CCn1cnc2c(cnn2C)c1=O.